The fourth-order valence-electron chi connectivity index (χ4n) is 0.885. The van der Waals surface area contributed by atoms with Crippen molar-refractivity contribution in [2.24, 2.45) is 0 Å². The average Bonchev–Trinajstić information content (AvgIpc) is 2.46. The number of carbonyl (C=O) groups excluding carboxylic acids is 1. The van der Waals surface area contributed by atoms with Crippen LogP contribution in [0.15, 0.2) is 11.6 Å². The van der Waals surface area contributed by atoms with Gasteiger partial charge < -0.3 is 14.2 Å². The molecule has 0 bridgehead atoms. The Morgan fingerprint density at radius 3 is 2.64 bits per heavy atom. The van der Waals surface area contributed by atoms with E-state index in [0.717, 1.165) is 0 Å². The van der Waals surface area contributed by atoms with Gasteiger partial charge in [-0.3, -0.25) is 4.79 Å². The molecule has 2 unspecified atom stereocenters. The number of carbonyl (C=O) groups is 1. The summed E-state index contributed by atoms with van der Waals surface area (Å²) >= 11 is 0. The maximum absolute atomic E-state index is 10.4. The van der Waals surface area contributed by atoms with Gasteiger partial charge in [-0.05, 0) is 6.08 Å². The molecule has 0 N–H and O–H groups in total. The normalized spacial score (nSPS) is 30.2. The van der Waals surface area contributed by atoms with E-state index in [9.17, 15) is 4.79 Å². The third-order valence-electron chi connectivity index (χ3n) is 1.44. The van der Waals surface area contributed by atoms with Crippen molar-refractivity contribution in [2.45, 2.75) is 12.6 Å². The third-order valence-corrected chi connectivity index (χ3v) is 1.44. The molecule has 0 fully saturated rings. The molecular weight excluding hydrogens is 148 g/mol. The van der Waals surface area contributed by atoms with E-state index in [-0.39, 0.29) is 0 Å². The minimum Gasteiger partial charge on any atom is -0.352 e. The Morgan fingerprint density at radius 1 is 1.55 bits per heavy atom. The smallest absolute Gasteiger partial charge is 0.189 e. The number of rotatable bonds is 3. The van der Waals surface area contributed by atoms with Gasteiger partial charge in [-0.25, -0.2) is 0 Å². The Hall–Kier alpha value is -0.710. The highest BCUT2D eigenvalue weighted by molar-refractivity contribution is 5.75. The fraction of sp³-hybridized carbons (Fsp3) is 0.571. The molecule has 0 saturated carbocycles. The quantitative estimate of drug-likeness (QED) is 0.546. The van der Waals surface area contributed by atoms with Crippen molar-refractivity contribution in [1.29, 1.82) is 0 Å². The maximum atomic E-state index is 10.4. The van der Waals surface area contributed by atoms with Crippen LogP contribution >= 0.6 is 0 Å². The van der Waals surface area contributed by atoms with E-state index in [0.29, 0.717) is 11.9 Å². The van der Waals surface area contributed by atoms with E-state index in [1.54, 1.807) is 6.08 Å². The summed E-state index contributed by atoms with van der Waals surface area (Å²) in [6.45, 7) is 0. The van der Waals surface area contributed by atoms with Crippen molar-refractivity contribution < 1.29 is 19.0 Å². The fourth-order valence-corrected chi connectivity index (χ4v) is 0.885. The van der Waals surface area contributed by atoms with Crippen molar-refractivity contribution >= 4 is 6.29 Å². The first-order valence-electron chi connectivity index (χ1n) is 3.19. The predicted molar refractivity (Wildman–Crippen MR) is 36.8 cm³/mol. The third kappa shape index (κ3) is 1.65. The minimum atomic E-state index is -0.572. The summed E-state index contributed by atoms with van der Waals surface area (Å²) in [6.07, 6.45) is 1.26. The van der Waals surface area contributed by atoms with Gasteiger partial charge in [-0.1, -0.05) is 0 Å². The first-order chi connectivity index (χ1) is 5.31. The molecule has 0 spiro atoms. The zero-order chi connectivity index (χ0) is 8.27. The zero-order valence-corrected chi connectivity index (χ0v) is 6.44. The topological polar surface area (TPSA) is 44.8 Å². The molecule has 0 saturated heterocycles. The second-order valence-electron chi connectivity index (χ2n) is 2.09. The van der Waals surface area contributed by atoms with Crippen LogP contribution in [0, 0.1) is 0 Å². The van der Waals surface area contributed by atoms with E-state index in [2.05, 4.69) is 0 Å². The van der Waals surface area contributed by atoms with Crippen LogP contribution in [0.5, 0.6) is 0 Å². The Balaban J connectivity index is 2.62. The molecule has 0 aromatic rings. The van der Waals surface area contributed by atoms with Crippen LogP contribution in [0.25, 0.3) is 0 Å². The summed E-state index contributed by atoms with van der Waals surface area (Å²) in [6, 6.07) is 0. The van der Waals surface area contributed by atoms with Crippen molar-refractivity contribution in [3.63, 3.8) is 0 Å². The Bertz CT molecular complexity index is 175. The van der Waals surface area contributed by atoms with Gasteiger partial charge in [0, 0.05) is 19.8 Å². The van der Waals surface area contributed by atoms with E-state index in [4.69, 9.17) is 14.2 Å². The van der Waals surface area contributed by atoms with Crippen LogP contribution in [0.3, 0.4) is 0 Å². The van der Waals surface area contributed by atoms with Gasteiger partial charge in [-0.2, -0.15) is 0 Å². The van der Waals surface area contributed by atoms with Gasteiger partial charge in [0.1, 0.15) is 0 Å². The van der Waals surface area contributed by atoms with Crippen molar-refractivity contribution in [2.75, 3.05) is 14.2 Å². The lowest BCUT2D eigenvalue weighted by Gasteiger charge is -2.11. The van der Waals surface area contributed by atoms with Gasteiger partial charge in [-0.15, -0.1) is 0 Å². The second kappa shape index (κ2) is 3.61. The Kier molecular flexibility index (Phi) is 2.76. The first kappa shape index (κ1) is 8.39. The molecular formula is C7H10O4. The molecule has 0 aliphatic carbocycles. The maximum Gasteiger partial charge on any atom is 0.189 e. The number of hydrogen-bond donors (Lipinski definition) is 0. The predicted octanol–water partition coefficient (Wildman–Crippen LogP) is 0.0869. The standard InChI is InChI=1S/C7H10O4/c1-9-6-3-5(4-8)7(10-2)11-6/h3-4,6-7H,1-2H3. The molecule has 11 heavy (non-hydrogen) atoms. The van der Waals surface area contributed by atoms with Crippen LogP contribution in [-0.4, -0.2) is 33.1 Å². The summed E-state index contributed by atoms with van der Waals surface area (Å²) in [5, 5.41) is 0. The van der Waals surface area contributed by atoms with Crippen LogP contribution in [0.4, 0.5) is 0 Å². The number of methoxy groups -OCH3 is 2. The molecule has 1 aliphatic rings. The molecule has 62 valence electrons. The molecule has 0 radical (unpaired) electrons. The van der Waals surface area contributed by atoms with Gasteiger partial charge >= 0.3 is 0 Å². The molecule has 1 heterocycles. The summed E-state index contributed by atoms with van der Waals surface area (Å²) in [5.41, 5.74) is 0.472. The summed E-state index contributed by atoms with van der Waals surface area (Å²) in [7, 11) is 2.97. The molecule has 0 aromatic carbocycles. The van der Waals surface area contributed by atoms with Gasteiger partial charge in [0.2, 0.25) is 0 Å². The SMILES string of the molecule is COC1C=C(C=O)C(OC)O1. The van der Waals surface area contributed by atoms with Gasteiger partial charge in [0.25, 0.3) is 0 Å². The molecule has 2 atom stereocenters. The highest BCUT2D eigenvalue weighted by atomic mass is 16.8. The van der Waals surface area contributed by atoms with E-state index in [1.807, 2.05) is 0 Å². The average molecular weight is 158 g/mol. The summed E-state index contributed by atoms with van der Waals surface area (Å²) < 4.78 is 14.8. The molecule has 0 aromatic heterocycles. The second-order valence-corrected chi connectivity index (χ2v) is 2.09. The monoisotopic (exact) mass is 158 g/mol. The van der Waals surface area contributed by atoms with Gasteiger partial charge in [0.05, 0.1) is 0 Å². The summed E-state index contributed by atoms with van der Waals surface area (Å²) in [4.78, 5) is 10.4. The van der Waals surface area contributed by atoms with Crippen molar-refractivity contribution in [1.82, 2.24) is 0 Å². The van der Waals surface area contributed by atoms with E-state index >= 15 is 0 Å². The lowest BCUT2D eigenvalue weighted by molar-refractivity contribution is -0.177. The minimum absolute atomic E-state index is 0.458. The van der Waals surface area contributed by atoms with Crippen LogP contribution < -0.4 is 0 Å². The Morgan fingerprint density at radius 2 is 2.27 bits per heavy atom. The number of aldehydes is 1. The van der Waals surface area contributed by atoms with Crippen LogP contribution in [-0.2, 0) is 19.0 Å². The van der Waals surface area contributed by atoms with Crippen LogP contribution in [0.2, 0.25) is 0 Å². The van der Waals surface area contributed by atoms with Gasteiger partial charge in [0.15, 0.2) is 18.9 Å². The highest BCUT2D eigenvalue weighted by Gasteiger charge is 2.25. The molecule has 0 amide bonds. The molecule has 1 aliphatic heterocycles. The van der Waals surface area contributed by atoms with E-state index < -0.39 is 12.6 Å². The van der Waals surface area contributed by atoms with Crippen molar-refractivity contribution in [3.05, 3.63) is 11.6 Å². The number of ether oxygens (including phenoxy) is 3. The molecule has 1 rings (SSSR count). The van der Waals surface area contributed by atoms with Crippen LogP contribution in [0.1, 0.15) is 0 Å². The Labute approximate surface area is 64.7 Å². The first-order valence-corrected chi connectivity index (χ1v) is 3.19. The zero-order valence-electron chi connectivity index (χ0n) is 6.44. The largest absolute Gasteiger partial charge is 0.352 e. The molecule has 4 heteroatoms. The van der Waals surface area contributed by atoms with E-state index in [1.165, 1.54) is 14.2 Å². The lowest BCUT2D eigenvalue weighted by atomic mass is 10.3. The lowest BCUT2D eigenvalue weighted by Crippen LogP contribution is -2.17. The summed E-state index contributed by atoms with van der Waals surface area (Å²) in [5.74, 6) is 0. The van der Waals surface area contributed by atoms with Crippen molar-refractivity contribution in [3.8, 4) is 0 Å². The number of hydrogen-bond acceptors (Lipinski definition) is 4. The molecule has 4 nitrogen and oxygen atoms in total. The highest BCUT2D eigenvalue weighted by Crippen LogP contribution is 2.18.